The zero-order valence-corrected chi connectivity index (χ0v) is 13.0. The number of carbonyl (C=O) groups is 1. The second-order valence-electron chi connectivity index (χ2n) is 6.45. The normalized spacial score (nSPS) is 25.2. The average Bonchev–Trinajstić information content (AvgIpc) is 2.41. The van der Waals surface area contributed by atoms with Crippen molar-refractivity contribution < 1.29 is 4.79 Å². The third kappa shape index (κ3) is 1.80. The van der Waals surface area contributed by atoms with Gasteiger partial charge in [-0.25, -0.2) is 0 Å². The lowest BCUT2D eigenvalue weighted by Gasteiger charge is -2.31. The van der Waals surface area contributed by atoms with Crippen LogP contribution in [0.15, 0.2) is 23.3 Å². The third-order valence-corrected chi connectivity index (χ3v) is 5.32. The van der Waals surface area contributed by atoms with Crippen molar-refractivity contribution in [3.63, 3.8) is 0 Å². The van der Waals surface area contributed by atoms with Gasteiger partial charge in [-0.15, -0.1) is 0 Å². The van der Waals surface area contributed by atoms with Crippen LogP contribution >= 0.6 is 0 Å². The molecule has 0 aliphatic heterocycles. The van der Waals surface area contributed by atoms with E-state index < -0.39 is 0 Å². The number of allylic oxidation sites excluding steroid dienone is 2. The smallest absolute Gasteiger partial charge is 0.160 e. The molecule has 0 bridgehead atoms. The maximum absolute atomic E-state index is 11.8. The van der Waals surface area contributed by atoms with Crippen molar-refractivity contribution in [3.05, 3.63) is 44.8 Å². The molecule has 0 spiro atoms. The lowest BCUT2D eigenvalue weighted by molar-refractivity contribution is -0.112. The number of benzene rings is 1. The first-order valence-corrected chi connectivity index (χ1v) is 7.45. The summed E-state index contributed by atoms with van der Waals surface area (Å²) in [6, 6.07) is 4.59. The van der Waals surface area contributed by atoms with Crippen LogP contribution in [0, 0.1) is 0 Å². The number of Topliss-reactive ketones (excluding diaryl/α,β-unsaturated/α-hetero) is 1. The second kappa shape index (κ2) is 4.44. The van der Waals surface area contributed by atoms with Gasteiger partial charge in [-0.1, -0.05) is 42.7 Å². The number of hydrogen-bond donors (Lipinski definition) is 0. The van der Waals surface area contributed by atoms with Crippen LogP contribution in [-0.2, 0) is 4.79 Å². The van der Waals surface area contributed by atoms with E-state index in [2.05, 4.69) is 46.8 Å². The Bertz CT molecular complexity index is 762. The fraction of sp³-hybridized carbons (Fsp3) is 0.421. The van der Waals surface area contributed by atoms with Gasteiger partial charge in [0.1, 0.15) is 0 Å². The molecule has 2 aliphatic rings. The van der Waals surface area contributed by atoms with Crippen LogP contribution in [-0.4, -0.2) is 5.78 Å². The molecule has 0 N–H and O–H groups in total. The minimum atomic E-state index is 0.231. The Kier molecular flexibility index (Phi) is 2.97. The Morgan fingerprint density at radius 3 is 2.10 bits per heavy atom. The Morgan fingerprint density at radius 1 is 0.950 bits per heavy atom. The topological polar surface area (TPSA) is 17.1 Å². The van der Waals surface area contributed by atoms with Crippen molar-refractivity contribution in [2.45, 2.75) is 52.9 Å². The quantitative estimate of drug-likeness (QED) is 0.659. The summed E-state index contributed by atoms with van der Waals surface area (Å²) in [5, 5.41) is 2.39. The van der Waals surface area contributed by atoms with E-state index in [0.29, 0.717) is 18.3 Å². The van der Waals surface area contributed by atoms with E-state index in [1.165, 1.54) is 33.1 Å². The van der Waals surface area contributed by atoms with E-state index >= 15 is 0 Å². The molecule has 0 heterocycles. The van der Waals surface area contributed by atoms with Crippen molar-refractivity contribution >= 4 is 17.4 Å². The van der Waals surface area contributed by atoms with E-state index in [-0.39, 0.29) is 5.78 Å². The number of ketones is 1. The van der Waals surface area contributed by atoms with Gasteiger partial charge in [-0.05, 0) is 48.4 Å². The maximum atomic E-state index is 11.8. The van der Waals surface area contributed by atoms with E-state index in [1.54, 1.807) is 0 Å². The molecule has 20 heavy (non-hydrogen) atoms. The number of fused-ring (bicyclic) bond motifs is 2. The molecule has 0 amide bonds. The maximum Gasteiger partial charge on any atom is 0.160 e. The summed E-state index contributed by atoms with van der Waals surface area (Å²) in [5.74, 6) is 1.17. The minimum Gasteiger partial charge on any atom is -0.294 e. The molecule has 2 aliphatic carbocycles. The first kappa shape index (κ1) is 13.4. The van der Waals surface area contributed by atoms with Gasteiger partial charge in [0.15, 0.2) is 5.78 Å². The van der Waals surface area contributed by atoms with Crippen LogP contribution in [0.4, 0.5) is 0 Å². The van der Waals surface area contributed by atoms with Gasteiger partial charge in [-0.2, -0.15) is 0 Å². The Labute approximate surface area is 120 Å². The summed E-state index contributed by atoms with van der Waals surface area (Å²) in [7, 11) is 0. The Morgan fingerprint density at radius 2 is 1.50 bits per heavy atom. The summed E-state index contributed by atoms with van der Waals surface area (Å²) < 4.78 is 0. The molecule has 1 heteroatoms. The van der Waals surface area contributed by atoms with Crippen LogP contribution in [0.25, 0.3) is 11.6 Å². The summed E-state index contributed by atoms with van der Waals surface area (Å²) in [4.78, 5) is 11.8. The monoisotopic (exact) mass is 266 g/mol. The first-order chi connectivity index (χ1) is 9.40. The molecule has 0 saturated heterocycles. The third-order valence-electron chi connectivity index (χ3n) is 5.32. The van der Waals surface area contributed by atoms with E-state index in [1.807, 2.05) is 6.08 Å². The highest BCUT2D eigenvalue weighted by Gasteiger charge is 2.26. The van der Waals surface area contributed by atoms with Crippen molar-refractivity contribution in [3.8, 4) is 0 Å². The Hall–Kier alpha value is -1.63. The van der Waals surface area contributed by atoms with E-state index in [4.69, 9.17) is 0 Å². The largest absolute Gasteiger partial charge is 0.294 e. The summed E-state index contributed by atoms with van der Waals surface area (Å²) in [5.41, 5.74) is 7.03. The predicted octanol–water partition coefficient (Wildman–Crippen LogP) is 3.17. The SMILES string of the molecule is CC1=C(C)C(C)c2cc3c(cc2C1C)=CC(=O)CC=3C. The standard InChI is InChI=1S/C19H22O/c1-10-6-16(20)7-15-8-18-13(4)11(2)12(3)14(5)19(18)9-17(10)15/h7-9,13-14H,6H2,1-5H3. The minimum absolute atomic E-state index is 0.231. The second-order valence-corrected chi connectivity index (χ2v) is 6.45. The lowest BCUT2D eigenvalue weighted by Crippen LogP contribution is -2.34. The molecule has 3 rings (SSSR count). The van der Waals surface area contributed by atoms with Crippen LogP contribution < -0.4 is 10.4 Å². The molecule has 1 nitrogen and oxygen atoms in total. The summed E-state index contributed by atoms with van der Waals surface area (Å²) in [6.45, 7) is 11.2. The van der Waals surface area contributed by atoms with E-state index in [0.717, 1.165) is 5.22 Å². The number of rotatable bonds is 0. The molecular formula is C19H22O. The van der Waals surface area contributed by atoms with Crippen LogP contribution in [0.3, 0.4) is 0 Å². The number of hydrogen-bond acceptors (Lipinski definition) is 1. The lowest BCUT2D eigenvalue weighted by atomic mass is 9.74. The highest BCUT2D eigenvalue weighted by Crippen LogP contribution is 2.41. The highest BCUT2D eigenvalue weighted by atomic mass is 16.1. The fourth-order valence-corrected chi connectivity index (χ4v) is 3.62. The molecule has 0 radical (unpaired) electrons. The molecular weight excluding hydrogens is 244 g/mol. The van der Waals surface area contributed by atoms with Crippen molar-refractivity contribution in [1.29, 1.82) is 0 Å². The summed E-state index contributed by atoms with van der Waals surface area (Å²) >= 11 is 0. The van der Waals surface area contributed by atoms with Crippen LogP contribution in [0.1, 0.15) is 64.0 Å². The molecule has 104 valence electrons. The molecule has 0 saturated carbocycles. The average molecular weight is 266 g/mol. The Balaban J connectivity index is 2.36. The molecule has 0 fully saturated rings. The highest BCUT2D eigenvalue weighted by molar-refractivity contribution is 6.10. The van der Waals surface area contributed by atoms with Gasteiger partial charge < -0.3 is 0 Å². The van der Waals surface area contributed by atoms with Crippen molar-refractivity contribution in [2.75, 3.05) is 0 Å². The predicted molar refractivity (Wildman–Crippen MR) is 84.1 cm³/mol. The molecule has 2 atom stereocenters. The van der Waals surface area contributed by atoms with Crippen LogP contribution in [0.2, 0.25) is 0 Å². The van der Waals surface area contributed by atoms with Crippen molar-refractivity contribution in [1.82, 2.24) is 0 Å². The van der Waals surface area contributed by atoms with Gasteiger partial charge >= 0.3 is 0 Å². The zero-order valence-electron chi connectivity index (χ0n) is 13.0. The summed E-state index contributed by atoms with van der Waals surface area (Å²) in [6.07, 6.45) is 2.39. The van der Waals surface area contributed by atoms with Crippen LogP contribution in [0.5, 0.6) is 0 Å². The van der Waals surface area contributed by atoms with Gasteiger partial charge in [0.05, 0.1) is 0 Å². The van der Waals surface area contributed by atoms with Gasteiger partial charge in [-0.3, -0.25) is 4.79 Å². The number of carbonyl (C=O) groups excluding carboxylic acids is 1. The molecule has 0 aromatic heterocycles. The zero-order chi connectivity index (χ0) is 14.6. The van der Waals surface area contributed by atoms with E-state index in [9.17, 15) is 4.79 Å². The van der Waals surface area contributed by atoms with Gasteiger partial charge in [0, 0.05) is 18.3 Å². The molecule has 1 aromatic rings. The molecule has 1 aromatic carbocycles. The first-order valence-electron chi connectivity index (χ1n) is 7.45. The van der Waals surface area contributed by atoms with Crippen molar-refractivity contribution in [2.24, 2.45) is 0 Å². The fourth-order valence-electron chi connectivity index (χ4n) is 3.62. The van der Waals surface area contributed by atoms with Gasteiger partial charge in [0.25, 0.3) is 0 Å². The molecule has 2 unspecified atom stereocenters. The van der Waals surface area contributed by atoms with Gasteiger partial charge in [0.2, 0.25) is 0 Å².